The quantitative estimate of drug-likeness (QED) is 0.590. The van der Waals surface area contributed by atoms with Crippen LogP contribution in [0.25, 0.3) is 0 Å². The molecule has 5 aliphatic rings. The minimum Gasteiger partial charge on any atom is -0.393 e. The molecule has 3 nitrogen and oxygen atoms in total. The summed E-state index contributed by atoms with van der Waals surface area (Å²) in [6, 6.07) is 0. The summed E-state index contributed by atoms with van der Waals surface area (Å²) >= 11 is 0. The molecule has 0 bridgehead atoms. The van der Waals surface area contributed by atoms with Crippen molar-refractivity contribution in [3.05, 3.63) is 11.6 Å². The fourth-order valence-corrected chi connectivity index (χ4v) is 7.71. The highest BCUT2D eigenvalue weighted by Crippen LogP contribution is 2.73. The van der Waals surface area contributed by atoms with Gasteiger partial charge in [-0.3, -0.25) is 4.79 Å². The molecule has 24 heavy (non-hydrogen) atoms. The Morgan fingerprint density at radius 3 is 2.79 bits per heavy atom. The molecule has 1 N–H and O–H groups in total. The lowest BCUT2D eigenvalue weighted by atomic mass is 9.47. The first-order valence-electron chi connectivity index (χ1n) is 9.89. The fourth-order valence-electron chi connectivity index (χ4n) is 7.71. The molecule has 0 aromatic carbocycles. The first-order chi connectivity index (χ1) is 11.3. The highest BCUT2D eigenvalue weighted by molar-refractivity contribution is 5.90. The van der Waals surface area contributed by atoms with Crippen molar-refractivity contribution >= 4 is 5.78 Å². The van der Waals surface area contributed by atoms with E-state index in [0.717, 1.165) is 44.4 Å². The number of rotatable bonds is 1. The van der Waals surface area contributed by atoms with E-state index in [1.165, 1.54) is 12.0 Å². The van der Waals surface area contributed by atoms with E-state index in [4.69, 9.17) is 4.74 Å². The van der Waals surface area contributed by atoms with E-state index in [2.05, 4.69) is 19.9 Å². The summed E-state index contributed by atoms with van der Waals surface area (Å²) < 4.78 is 6.00. The van der Waals surface area contributed by atoms with Gasteiger partial charge in [-0.1, -0.05) is 25.5 Å². The van der Waals surface area contributed by atoms with Gasteiger partial charge >= 0.3 is 0 Å². The zero-order chi connectivity index (χ0) is 16.9. The van der Waals surface area contributed by atoms with Crippen molar-refractivity contribution in [1.82, 2.24) is 0 Å². The average Bonchev–Trinajstić information content (AvgIpc) is 3.21. The zero-order valence-electron chi connectivity index (χ0n) is 15.2. The van der Waals surface area contributed by atoms with Crippen molar-refractivity contribution in [2.24, 2.45) is 28.6 Å². The summed E-state index contributed by atoms with van der Waals surface area (Å²) in [4.78, 5) is 12.4. The van der Waals surface area contributed by atoms with Gasteiger partial charge in [-0.05, 0) is 75.0 Å². The Hall–Kier alpha value is -0.670. The number of Topliss-reactive ketones (excluding diaryl/α,β-unsaturated/α-hetero) is 1. The molecule has 0 aromatic heterocycles. The number of hydrogen-bond donors (Lipinski definition) is 1. The van der Waals surface area contributed by atoms with Crippen LogP contribution in [0.5, 0.6) is 0 Å². The van der Waals surface area contributed by atoms with Crippen molar-refractivity contribution in [1.29, 1.82) is 0 Å². The summed E-state index contributed by atoms with van der Waals surface area (Å²) in [6.07, 6.45) is 10.0. The van der Waals surface area contributed by atoms with Crippen molar-refractivity contribution in [2.45, 2.75) is 83.5 Å². The molecule has 3 saturated carbocycles. The topological polar surface area (TPSA) is 49.8 Å². The molecule has 1 saturated heterocycles. The largest absolute Gasteiger partial charge is 0.393 e. The van der Waals surface area contributed by atoms with E-state index in [0.29, 0.717) is 11.8 Å². The van der Waals surface area contributed by atoms with Crippen molar-refractivity contribution in [3.63, 3.8) is 0 Å². The van der Waals surface area contributed by atoms with Crippen LogP contribution in [0.4, 0.5) is 0 Å². The molecule has 132 valence electrons. The smallest absolute Gasteiger partial charge is 0.164 e. The first kappa shape index (κ1) is 15.6. The number of ether oxygens (including phenoxy) is 1. The summed E-state index contributed by atoms with van der Waals surface area (Å²) in [5, 5.41) is 10.1. The summed E-state index contributed by atoms with van der Waals surface area (Å²) in [5.74, 6) is 2.31. The number of aliphatic hydroxyl groups is 1. The Kier molecular flexibility index (Phi) is 2.94. The van der Waals surface area contributed by atoms with Crippen LogP contribution in [0.3, 0.4) is 0 Å². The molecule has 4 aliphatic carbocycles. The van der Waals surface area contributed by atoms with Gasteiger partial charge < -0.3 is 9.84 Å². The third-order valence-corrected chi connectivity index (χ3v) is 9.03. The minimum absolute atomic E-state index is 0.0422. The molecule has 0 aromatic rings. The maximum Gasteiger partial charge on any atom is 0.164 e. The van der Waals surface area contributed by atoms with Crippen molar-refractivity contribution < 1.29 is 14.6 Å². The van der Waals surface area contributed by atoms with E-state index in [-0.39, 0.29) is 28.8 Å². The molecule has 1 aliphatic heterocycles. The summed E-state index contributed by atoms with van der Waals surface area (Å²) in [5.41, 5.74) is 1.39. The molecule has 2 unspecified atom stereocenters. The second-order valence-corrected chi connectivity index (χ2v) is 9.75. The van der Waals surface area contributed by atoms with Gasteiger partial charge in [0.1, 0.15) is 0 Å². The normalized spacial score (nSPS) is 58.0. The molecule has 5 rings (SSSR count). The van der Waals surface area contributed by atoms with Crippen LogP contribution in [0, 0.1) is 28.6 Å². The molecule has 0 amide bonds. The van der Waals surface area contributed by atoms with E-state index in [9.17, 15) is 9.90 Å². The molecule has 0 radical (unpaired) electrons. The molecule has 4 fully saturated rings. The number of allylic oxidation sites excluding steroid dienone is 1. The number of ketones is 1. The monoisotopic (exact) mass is 330 g/mol. The minimum atomic E-state index is -0.448. The summed E-state index contributed by atoms with van der Waals surface area (Å²) in [7, 11) is 0. The average molecular weight is 330 g/mol. The molecule has 8 atom stereocenters. The van der Waals surface area contributed by atoms with Gasteiger partial charge in [0.05, 0.1) is 12.2 Å². The molecule has 3 heteroatoms. The van der Waals surface area contributed by atoms with Crippen LogP contribution in [-0.2, 0) is 9.53 Å². The standard InChI is InChI=1S/C21H30O3/c1-12(22)21-18(24-21)11-17-15-5-4-13-10-14(23)6-8-19(13,2)16(15)7-9-20(17,21)3/h4,14-18,23H,5-11H2,1-3H3/t14?,15-,16+,17+,18?,19+,20+,21-/m1/s1. The number of hydrogen-bond acceptors (Lipinski definition) is 3. The highest BCUT2D eigenvalue weighted by atomic mass is 16.6. The lowest BCUT2D eigenvalue weighted by Gasteiger charge is -2.58. The van der Waals surface area contributed by atoms with E-state index in [1.54, 1.807) is 6.92 Å². The van der Waals surface area contributed by atoms with E-state index in [1.807, 2.05) is 0 Å². The molecular formula is C21H30O3. The van der Waals surface area contributed by atoms with Crippen LogP contribution >= 0.6 is 0 Å². The van der Waals surface area contributed by atoms with Gasteiger partial charge in [0.2, 0.25) is 0 Å². The van der Waals surface area contributed by atoms with Crippen molar-refractivity contribution in [2.75, 3.05) is 0 Å². The SMILES string of the molecule is CC(=O)[C@@]12OC1C[C@H]1[C@@H]3CC=C4CC(O)CC[C@]4(C)[C@H]3CC[C@@]12C. The molecule has 1 heterocycles. The lowest BCUT2D eigenvalue weighted by Crippen LogP contribution is -2.54. The van der Waals surface area contributed by atoms with Gasteiger partial charge in [-0.25, -0.2) is 0 Å². The Balaban J connectivity index is 1.51. The third kappa shape index (κ3) is 1.60. The van der Waals surface area contributed by atoms with E-state index < -0.39 is 5.60 Å². The number of carbonyl (C=O) groups is 1. The zero-order valence-corrected chi connectivity index (χ0v) is 15.2. The highest BCUT2D eigenvalue weighted by Gasteiger charge is 2.79. The Labute approximate surface area is 144 Å². The number of aliphatic hydroxyl groups excluding tert-OH is 1. The maximum absolute atomic E-state index is 12.4. The van der Waals surface area contributed by atoms with Crippen molar-refractivity contribution in [3.8, 4) is 0 Å². The van der Waals surface area contributed by atoms with E-state index >= 15 is 0 Å². The Morgan fingerprint density at radius 1 is 1.25 bits per heavy atom. The third-order valence-electron chi connectivity index (χ3n) is 9.03. The number of fused-ring (bicyclic) bond motifs is 7. The van der Waals surface area contributed by atoms with Crippen LogP contribution in [-0.4, -0.2) is 28.7 Å². The van der Waals surface area contributed by atoms with Gasteiger partial charge in [-0.2, -0.15) is 0 Å². The lowest BCUT2D eigenvalue weighted by molar-refractivity contribution is -0.135. The molecule has 0 spiro atoms. The number of epoxide rings is 1. The first-order valence-corrected chi connectivity index (χ1v) is 9.89. The Morgan fingerprint density at radius 2 is 2.04 bits per heavy atom. The van der Waals surface area contributed by atoms with Gasteiger partial charge in [0.25, 0.3) is 0 Å². The summed E-state index contributed by atoms with van der Waals surface area (Å²) in [6.45, 7) is 6.54. The second-order valence-electron chi connectivity index (χ2n) is 9.75. The predicted octanol–water partition coefficient (Wildman–Crippen LogP) is 3.65. The Bertz CT molecular complexity index is 639. The van der Waals surface area contributed by atoms with Gasteiger partial charge in [-0.15, -0.1) is 0 Å². The second kappa shape index (κ2) is 4.54. The fraction of sp³-hybridized carbons (Fsp3) is 0.857. The van der Waals surface area contributed by atoms with Crippen LogP contribution < -0.4 is 0 Å². The number of carbonyl (C=O) groups excluding carboxylic acids is 1. The van der Waals surface area contributed by atoms with Crippen LogP contribution in [0.2, 0.25) is 0 Å². The van der Waals surface area contributed by atoms with Crippen LogP contribution in [0.1, 0.15) is 65.7 Å². The van der Waals surface area contributed by atoms with Crippen LogP contribution in [0.15, 0.2) is 11.6 Å². The maximum atomic E-state index is 12.4. The van der Waals surface area contributed by atoms with Gasteiger partial charge in [0, 0.05) is 5.41 Å². The molecular weight excluding hydrogens is 300 g/mol. The van der Waals surface area contributed by atoms with Gasteiger partial charge in [0.15, 0.2) is 11.4 Å². The predicted molar refractivity (Wildman–Crippen MR) is 91.4 cm³/mol.